The molecule has 3 aromatic rings. The summed E-state index contributed by atoms with van der Waals surface area (Å²) in [7, 11) is 1.39. The van der Waals surface area contributed by atoms with Crippen LogP contribution >= 0.6 is 0 Å². The Morgan fingerprint density at radius 1 is 1.13 bits per heavy atom. The van der Waals surface area contributed by atoms with Crippen LogP contribution in [0.15, 0.2) is 42.7 Å². The Balaban J connectivity index is 1.55. The molecule has 1 aromatic carbocycles. The van der Waals surface area contributed by atoms with Crippen LogP contribution in [0.4, 0.5) is 5.69 Å². The molecule has 2 aromatic heterocycles. The van der Waals surface area contributed by atoms with Gasteiger partial charge in [-0.3, -0.25) is 4.98 Å². The average molecular weight is 419 g/mol. The van der Waals surface area contributed by atoms with Gasteiger partial charge in [-0.15, -0.1) is 0 Å². The fraction of sp³-hybridized carbons (Fsp3) is 0.400. The van der Waals surface area contributed by atoms with Gasteiger partial charge in [-0.25, -0.2) is 9.78 Å². The largest absolute Gasteiger partial charge is 0.465 e. The molecular weight excluding hydrogens is 388 g/mol. The lowest BCUT2D eigenvalue weighted by molar-refractivity contribution is 0.0601. The van der Waals surface area contributed by atoms with Crippen LogP contribution in [0.5, 0.6) is 0 Å². The normalized spacial score (nSPS) is 14.5. The highest BCUT2D eigenvalue weighted by molar-refractivity contribution is 5.95. The van der Waals surface area contributed by atoms with Crippen molar-refractivity contribution in [1.82, 2.24) is 14.9 Å². The van der Waals surface area contributed by atoms with Crippen LogP contribution in [0.2, 0.25) is 0 Å². The standard InChI is InChI=1S/C25H30N4O2/c1-18-16-26-17-21-23(27-11-6-14-29-12-4-3-5-13-29)15-22(28-24(18)21)19-7-9-20(10-8-19)25(30)31-2/h7-10,15-17H,3-6,11-14H2,1-2H3,(H,27,28). The first kappa shape index (κ1) is 21.2. The molecule has 0 atom stereocenters. The number of carbonyl (C=O) groups is 1. The lowest BCUT2D eigenvalue weighted by Gasteiger charge is -2.26. The zero-order valence-corrected chi connectivity index (χ0v) is 18.4. The fourth-order valence-electron chi connectivity index (χ4n) is 4.17. The van der Waals surface area contributed by atoms with E-state index in [0.717, 1.165) is 52.9 Å². The molecule has 0 bridgehead atoms. The number of carbonyl (C=O) groups excluding carboxylic acids is 1. The van der Waals surface area contributed by atoms with Crippen LogP contribution in [-0.4, -0.2) is 54.1 Å². The summed E-state index contributed by atoms with van der Waals surface area (Å²) in [6, 6.07) is 9.46. The zero-order valence-electron chi connectivity index (χ0n) is 18.4. The summed E-state index contributed by atoms with van der Waals surface area (Å²) in [6.07, 6.45) is 8.85. The minimum Gasteiger partial charge on any atom is -0.465 e. The van der Waals surface area contributed by atoms with Crippen LogP contribution in [-0.2, 0) is 4.74 Å². The first-order chi connectivity index (χ1) is 15.2. The van der Waals surface area contributed by atoms with E-state index in [-0.39, 0.29) is 5.97 Å². The molecule has 0 spiro atoms. The Bertz CT molecular complexity index is 1040. The van der Waals surface area contributed by atoms with E-state index in [2.05, 4.69) is 21.3 Å². The van der Waals surface area contributed by atoms with E-state index in [1.807, 2.05) is 31.5 Å². The number of fused-ring (bicyclic) bond motifs is 1. The third-order valence-electron chi connectivity index (χ3n) is 5.92. The monoisotopic (exact) mass is 418 g/mol. The Morgan fingerprint density at radius 2 is 1.90 bits per heavy atom. The molecular formula is C25H30N4O2. The number of aromatic nitrogens is 2. The van der Waals surface area contributed by atoms with Crippen molar-refractivity contribution in [1.29, 1.82) is 0 Å². The topological polar surface area (TPSA) is 67.3 Å². The second-order valence-electron chi connectivity index (χ2n) is 8.16. The number of anilines is 1. The molecule has 1 N–H and O–H groups in total. The highest BCUT2D eigenvalue weighted by Crippen LogP contribution is 2.29. The number of piperidine rings is 1. The summed E-state index contributed by atoms with van der Waals surface area (Å²) >= 11 is 0. The minimum atomic E-state index is -0.337. The number of aryl methyl sites for hydroxylation is 1. The highest BCUT2D eigenvalue weighted by atomic mass is 16.5. The van der Waals surface area contributed by atoms with Crippen molar-refractivity contribution in [2.24, 2.45) is 0 Å². The van der Waals surface area contributed by atoms with E-state index in [0.29, 0.717) is 5.56 Å². The van der Waals surface area contributed by atoms with Crippen molar-refractivity contribution in [3.05, 3.63) is 53.9 Å². The second-order valence-corrected chi connectivity index (χ2v) is 8.16. The second kappa shape index (κ2) is 9.88. The Morgan fingerprint density at radius 3 is 2.65 bits per heavy atom. The predicted molar refractivity (Wildman–Crippen MR) is 124 cm³/mol. The van der Waals surface area contributed by atoms with Crippen LogP contribution in [0.25, 0.3) is 22.2 Å². The molecule has 4 rings (SSSR count). The maximum absolute atomic E-state index is 11.7. The summed E-state index contributed by atoms with van der Waals surface area (Å²) < 4.78 is 4.80. The van der Waals surface area contributed by atoms with Gasteiger partial charge in [0.05, 0.1) is 23.9 Å². The van der Waals surface area contributed by atoms with Crippen LogP contribution in [0.1, 0.15) is 41.6 Å². The van der Waals surface area contributed by atoms with Gasteiger partial charge in [0.2, 0.25) is 0 Å². The average Bonchev–Trinajstić information content (AvgIpc) is 2.82. The Kier molecular flexibility index (Phi) is 6.77. The van der Waals surface area contributed by atoms with Gasteiger partial charge in [-0.05, 0) is 69.6 Å². The van der Waals surface area contributed by atoms with Crippen molar-refractivity contribution < 1.29 is 9.53 Å². The van der Waals surface area contributed by atoms with Crippen molar-refractivity contribution >= 4 is 22.6 Å². The third kappa shape index (κ3) is 5.02. The Hall–Kier alpha value is -2.99. The van der Waals surface area contributed by atoms with Crippen molar-refractivity contribution in [2.75, 3.05) is 38.6 Å². The third-order valence-corrected chi connectivity index (χ3v) is 5.92. The molecule has 6 nitrogen and oxygen atoms in total. The molecule has 0 saturated carbocycles. The molecule has 1 aliphatic heterocycles. The smallest absolute Gasteiger partial charge is 0.337 e. The van der Waals surface area contributed by atoms with Crippen LogP contribution in [0, 0.1) is 6.92 Å². The van der Waals surface area contributed by atoms with Gasteiger partial charge < -0.3 is 15.0 Å². The number of benzene rings is 1. The molecule has 1 fully saturated rings. The summed E-state index contributed by atoms with van der Waals surface area (Å²) in [5.41, 5.74) is 5.40. The number of esters is 1. The highest BCUT2D eigenvalue weighted by Gasteiger charge is 2.12. The number of ether oxygens (including phenoxy) is 1. The van der Waals surface area contributed by atoms with E-state index < -0.39 is 0 Å². The van der Waals surface area contributed by atoms with Gasteiger partial charge >= 0.3 is 5.97 Å². The number of hydrogen-bond donors (Lipinski definition) is 1. The van der Waals surface area contributed by atoms with Gasteiger partial charge in [0.15, 0.2) is 0 Å². The van der Waals surface area contributed by atoms with Crippen molar-refractivity contribution in [2.45, 2.75) is 32.6 Å². The molecule has 0 unspecified atom stereocenters. The molecule has 0 aliphatic carbocycles. The zero-order chi connectivity index (χ0) is 21.6. The van der Waals surface area contributed by atoms with Crippen LogP contribution in [0.3, 0.4) is 0 Å². The SMILES string of the molecule is COC(=O)c1ccc(-c2cc(NCCCN3CCCCC3)c3cncc(C)c3n2)cc1. The predicted octanol–water partition coefficient (Wildman–Crippen LogP) is 4.68. The molecule has 6 heteroatoms. The Labute approximate surface area is 183 Å². The van der Waals surface area contributed by atoms with E-state index in [1.165, 1.54) is 39.5 Å². The van der Waals surface area contributed by atoms with Gasteiger partial charge in [0.25, 0.3) is 0 Å². The number of rotatable bonds is 7. The molecule has 1 saturated heterocycles. The molecule has 162 valence electrons. The van der Waals surface area contributed by atoms with Gasteiger partial charge in [-0.1, -0.05) is 18.6 Å². The fourth-order valence-corrected chi connectivity index (χ4v) is 4.17. The lowest BCUT2D eigenvalue weighted by atomic mass is 10.1. The molecule has 31 heavy (non-hydrogen) atoms. The maximum Gasteiger partial charge on any atom is 0.337 e. The number of nitrogens with one attached hydrogen (secondary N) is 1. The first-order valence-corrected chi connectivity index (χ1v) is 11.1. The maximum atomic E-state index is 11.7. The van der Waals surface area contributed by atoms with Crippen molar-refractivity contribution in [3.63, 3.8) is 0 Å². The summed E-state index contributed by atoms with van der Waals surface area (Å²) in [5, 5.41) is 4.66. The quantitative estimate of drug-likeness (QED) is 0.444. The van der Waals surface area contributed by atoms with Crippen molar-refractivity contribution in [3.8, 4) is 11.3 Å². The first-order valence-electron chi connectivity index (χ1n) is 11.1. The summed E-state index contributed by atoms with van der Waals surface area (Å²) in [5.74, 6) is -0.337. The summed E-state index contributed by atoms with van der Waals surface area (Å²) in [6.45, 7) is 6.53. The molecule has 0 radical (unpaired) electrons. The van der Waals surface area contributed by atoms with Gasteiger partial charge in [0.1, 0.15) is 0 Å². The van der Waals surface area contributed by atoms with E-state index in [4.69, 9.17) is 9.72 Å². The number of nitrogens with zero attached hydrogens (tertiary/aromatic N) is 3. The molecule has 1 aliphatic rings. The van der Waals surface area contributed by atoms with E-state index in [9.17, 15) is 4.79 Å². The van der Waals surface area contributed by atoms with E-state index in [1.54, 1.807) is 12.1 Å². The lowest BCUT2D eigenvalue weighted by Crippen LogP contribution is -2.31. The van der Waals surface area contributed by atoms with Crippen LogP contribution < -0.4 is 5.32 Å². The minimum absolute atomic E-state index is 0.337. The van der Waals surface area contributed by atoms with E-state index >= 15 is 0 Å². The number of pyridine rings is 2. The summed E-state index contributed by atoms with van der Waals surface area (Å²) in [4.78, 5) is 23.6. The number of hydrogen-bond acceptors (Lipinski definition) is 6. The molecule has 3 heterocycles. The number of methoxy groups -OCH3 is 1. The van der Waals surface area contributed by atoms with Gasteiger partial charge in [-0.2, -0.15) is 0 Å². The molecule has 0 amide bonds. The number of likely N-dealkylation sites (tertiary alicyclic amines) is 1. The van der Waals surface area contributed by atoms with Gasteiger partial charge in [0, 0.05) is 35.6 Å².